The fourth-order valence-corrected chi connectivity index (χ4v) is 3.48. The maximum atomic E-state index is 12.6. The van der Waals surface area contributed by atoms with E-state index in [0.29, 0.717) is 6.54 Å². The number of phenols is 1. The Balaban J connectivity index is 3.03. The van der Waals surface area contributed by atoms with E-state index in [1.807, 2.05) is 6.92 Å². The number of ether oxygens (including phenoxy) is 1. The third-order valence-corrected chi connectivity index (χ3v) is 5.33. The zero-order chi connectivity index (χ0) is 17.6. The Morgan fingerprint density at radius 1 is 1.48 bits per heavy atom. The number of hydrogen-bond acceptors (Lipinski definition) is 5. The fraction of sp³-hybridized carbons (Fsp3) is 0.438. The summed E-state index contributed by atoms with van der Waals surface area (Å²) in [5.41, 5.74) is -0.179. The van der Waals surface area contributed by atoms with Crippen molar-refractivity contribution < 1.29 is 23.1 Å². The van der Waals surface area contributed by atoms with Gasteiger partial charge in [0.15, 0.2) is 0 Å². The van der Waals surface area contributed by atoms with Crippen LogP contribution in [0.5, 0.6) is 5.75 Å². The Bertz CT molecular complexity index is 669. The quantitative estimate of drug-likeness (QED) is 0.580. The largest absolute Gasteiger partial charge is 0.507 e. The van der Waals surface area contributed by atoms with E-state index in [-0.39, 0.29) is 22.1 Å². The third-order valence-electron chi connectivity index (χ3n) is 3.51. The van der Waals surface area contributed by atoms with Gasteiger partial charge in [-0.15, -0.1) is 6.58 Å². The van der Waals surface area contributed by atoms with Crippen LogP contribution in [0.2, 0.25) is 0 Å². The van der Waals surface area contributed by atoms with Gasteiger partial charge < -0.3 is 9.84 Å². The number of carbonyl (C=O) groups is 1. The maximum Gasteiger partial charge on any atom is 0.341 e. The summed E-state index contributed by atoms with van der Waals surface area (Å²) < 4.78 is 31.0. The van der Waals surface area contributed by atoms with Crippen molar-refractivity contribution in [2.24, 2.45) is 5.92 Å². The predicted molar refractivity (Wildman–Crippen MR) is 87.9 cm³/mol. The molecule has 1 aromatic rings. The second kappa shape index (κ2) is 8.12. The summed E-state index contributed by atoms with van der Waals surface area (Å²) in [4.78, 5) is 11.5. The zero-order valence-electron chi connectivity index (χ0n) is 13.7. The van der Waals surface area contributed by atoms with Crippen LogP contribution in [0.3, 0.4) is 0 Å². The summed E-state index contributed by atoms with van der Waals surface area (Å²) in [6.45, 7) is 5.97. The van der Waals surface area contributed by atoms with Gasteiger partial charge in [-0.05, 0) is 37.0 Å². The number of benzene rings is 1. The lowest BCUT2D eigenvalue weighted by Crippen LogP contribution is -2.31. The molecule has 1 unspecified atom stereocenters. The summed E-state index contributed by atoms with van der Waals surface area (Å²) in [5.74, 6) is -0.940. The zero-order valence-corrected chi connectivity index (χ0v) is 14.5. The summed E-state index contributed by atoms with van der Waals surface area (Å²) in [6, 6.07) is 3.57. The molecule has 0 amide bonds. The molecule has 0 aromatic heterocycles. The summed E-state index contributed by atoms with van der Waals surface area (Å²) in [5, 5.41) is 9.66. The van der Waals surface area contributed by atoms with Gasteiger partial charge >= 0.3 is 5.97 Å². The number of sulfonamides is 1. The van der Waals surface area contributed by atoms with E-state index in [9.17, 15) is 18.3 Å². The summed E-state index contributed by atoms with van der Waals surface area (Å²) in [7, 11) is -1.10. The molecule has 0 radical (unpaired) electrons. The van der Waals surface area contributed by atoms with Gasteiger partial charge in [0.1, 0.15) is 11.3 Å². The molecule has 1 N–H and O–H groups in total. The number of allylic oxidation sites excluding steroid dienone is 1. The molecule has 1 rings (SSSR count). The number of phenolic OH excluding ortho intramolecular Hbond substituents is 1. The van der Waals surface area contributed by atoms with Crippen LogP contribution in [0.1, 0.15) is 30.1 Å². The Labute approximate surface area is 137 Å². The monoisotopic (exact) mass is 341 g/mol. The second-order valence-electron chi connectivity index (χ2n) is 5.43. The molecule has 128 valence electrons. The molecule has 1 atom stereocenters. The number of esters is 1. The van der Waals surface area contributed by atoms with Crippen molar-refractivity contribution in [1.29, 1.82) is 0 Å². The highest BCUT2D eigenvalue weighted by Gasteiger charge is 2.24. The van der Waals surface area contributed by atoms with Gasteiger partial charge in [0, 0.05) is 13.6 Å². The van der Waals surface area contributed by atoms with Crippen LogP contribution >= 0.6 is 0 Å². The van der Waals surface area contributed by atoms with E-state index in [2.05, 4.69) is 11.3 Å². The molecule has 7 heteroatoms. The highest BCUT2D eigenvalue weighted by atomic mass is 32.2. The normalized spacial score (nSPS) is 12.9. The number of nitrogens with zero attached hydrogens (tertiary/aromatic N) is 1. The molecule has 0 aliphatic rings. The van der Waals surface area contributed by atoms with Crippen molar-refractivity contribution >= 4 is 16.0 Å². The van der Waals surface area contributed by atoms with Crippen LogP contribution in [0.4, 0.5) is 0 Å². The first-order valence-electron chi connectivity index (χ1n) is 7.22. The Kier molecular flexibility index (Phi) is 6.78. The van der Waals surface area contributed by atoms with Gasteiger partial charge in [0.05, 0.1) is 12.0 Å². The molecule has 1 aromatic carbocycles. The van der Waals surface area contributed by atoms with E-state index >= 15 is 0 Å². The number of methoxy groups -OCH3 is 1. The van der Waals surface area contributed by atoms with Crippen molar-refractivity contribution in [3.63, 3.8) is 0 Å². The van der Waals surface area contributed by atoms with E-state index in [0.717, 1.165) is 26.0 Å². The Morgan fingerprint density at radius 3 is 2.70 bits per heavy atom. The minimum atomic E-state index is -3.75. The molecule has 23 heavy (non-hydrogen) atoms. The molecule has 0 bridgehead atoms. The van der Waals surface area contributed by atoms with Crippen molar-refractivity contribution in [3.8, 4) is 5.75 Å². The molecular weight excluding hydrogens is 318 g/mol. The maximum absolute atomic E-state index is 12.6. The smallest absolute Gasteiger partial charge is 0.341 e. The lowest BCUT2D eigenvalue weighted by molar-refractivity contribution is 0.0597. The number of rotatable bonds is 8. The van der Waals surface area contributed by atoms with Gasteiger partial charge in [-0.25, -0.2) is 17.5 Å². The third kappa shape index (κ3) is 4.80. The Morgan fingerprint density at radius 2 is 2.13 bits per heavy atom. The highest BCUT2D eigenvalue weighted by Crippen LogP contribution is 2.24. The van der Waals surface area contributed by atoms with Gasteiger partial charge in [-0.1, -0.05) is 13.0 Å². The molecule has 0 saturated heterocycles. The Hall–Kier alpha value is -1.86. The summed E-state index contributed by atoms with van der Waals surface area (Å²) >= 11 is 0. The second-order valence-corrected chi connectivity index (χ2v) is 7.47. The van der Waals surface area contributed by atoms with Crippen LogP contribution < -0.4 is 0 Å². The van der Waals surface area contributed by atoms with E-state index in [1.165, 1.54) is 23.5 Å². The molecule has 0 saturated carbocycles. The fourth-order valence-electron chi connectivity index (χ4n) is 2.16. The highest BCUT2D eigenvalue weighted by molar-refractivity contribution is 7.89. The van der Waals surface area contributed by atoms with Gasteiger partial charge in [-0.3, -0.25) is 0 Å². The van der Waals surface area contributed by atoms with Crippen LogP contribution in [-0.2, 0) is 14.8 Å². The first-order valence-corrected chi connectivity index (χ1v) is 8.66. The van der Waals surface area contributed by atoms with Crippen molar-refractivity contribution in [2.75, 3.05) is 20.7 Å². The van der Waals surface area contributed by atoms with Crippen molar-refractivity contribution in [2.45, 2.75) is 24.7 Å². The topological polar surface area (TPSA) is 83.9 Å². The van der Waals surface area contributed by atoms with Crippen LogP contribution in [0.15, 0.2) is 35.7 Å². The first-order chi connectivity index (χ1) is 10.7. The predicted octanol–water partition coefficient (Wildman–Crippen LogP) is 2.40. The van der Waals surface area contributed by atoms with Crippen molar-refractivity contribution in [1.82, 2.24) is 4.31 Å². The number of aromatic hydroxyl groups is 1. The van der Waals surface area contributed by atoms with Gasteiger partial charge in [0.2, 0.25) is 10.0 Å². The number of carbonyl (C=O) groups excluding carboxylic acids is 1. The molecule has 0 spiro atoms. The molecular formula is C16H23NO5S. The number of hydrogen-bond donors (Lipinski definition) is 1. The average Bonchev–Trinajstić information content (AvgIpc) is 2.52. The van der Waals surface area contributed by atoms with Crippen LogP contribution in [-0.4, -0.2) is 44.5 Å². The SMILES string of the molecule is C=CCCC(C)CN(C)S(=O)(=O)c1ccc(O)c(C(=O)OC)c1. The van der Waals surface area contributed by atoms with Gasteiger partial charge in [-0.2, -0.15) is 0 Å². The average molecular weight is 341 g/mol. The summed E-state index contributed by atoms with van der Waals surface area (Å²) in [6.07, 6.45) is 3.46. The molecule has 6 nitrogen and oxygen atoms in total. The van der Waals surface area contributed by atoms with Gasteiger partial charge in [0.25, 0.3) is 0 Å². The van der Waals surface area contributed by atoms with Crippen LogP contribution in [0, 0.1) is 5.92 Å². The van der Waals surface area contributed by atoms with Crippen molar-refractivity contribution in [3.05, 3.63) is 36.4 Å². The molecule has 0 heterocycles. The standard InChI is InChI=1S/C16H23NO5S/c1-5-6-7-12(2)11-17(3)23(20,21)13-8-9-15(18)14(10-13)16(19)22-4/h5,8-10,12,18H,1,6-7,11H2,2-4H3. The lowest BCUT2D eigenvalue weighted by Gasteiger charge is -2.21. The van der Waals surface area contributed by atoms with Crippen LogP contribution in [0.25, 0.3) is 0 Å². The van der Waals surface area contributed by atoms with E-state index in [4.69, 9.17) is 0 Å². The minimum absolute atomic E-state index is 0.0610. The first kappa shape index (κ1) is 19.2. The lowest BCUT2D eigenvalue weighted by atomic mass is 10.1. The van der Waals surface area contributed by atoms with E-state index < -0.39 is 16.0 Å². The molecule has 0 fully saturated rings. The minimum Gasteiger partial charge on any atom is -0.507 e. The molecule has 0 aliphatic carbocycles. The van der Waals surface area contributed by atoms with E-state index in [1.54, 1.807) is 6.08 Å². The molecule has 0 aliphatic heterocycles.